The van der Waals surface area contributed by atoms with Gasteiger partial charge in [0.2, 0.25) is 5.91 Å². The fraction of sp³-hybridized carbons (Fsp3) is 0.835. The molecule has 9 nitrogen and oxygen atoms in total. The van der Waals surface area contributed by atoms with E-state index in [1.54, 1.807) is 6.08 Å². The van der Waals surface area contributed by atoms with Gasteiger partial charge in [0, 0.05) is 6.42 Å². The number of hydrogen-bond donors (Lipinski definition) is 6. The quantitative estimate of drug-likeness (QED) is 0.0261. The summed E-state index contributed by atoms with van der Waals surface area (Å²) >= 11 is 0. The summed E-state index contributed by atoms with van der Waals surface area (Å²) in [6.07, 6.45) is 89.0. The zero-order chi connectivity index (χ0) is 63.5. The third kappa shape index (κ3) is 55.3. The molecule has 1 amide bonds. The van der Waals surface area contributed by atoms with Gasteiger partial charge in [0.15, 0.2) is 6.29 Å². The van der Waals surface area contributed by atoms with Crippen molar-refractivity contribution in [1.29, 1.82) is 0 Å². The lowest BCUT2D eigenvalue weighted by Crippen LogP contribution is -2.60. The molecule has 9 heteroatoms. The Kier molecular flexibility index (Phi) is 64.2. The second-order valence-corrected chi connectivity index (χ2v) is 26.4. The number of rotatable bonds is 67. The number of carbonyl (C=O) groups excluding carboxylic acids is 1. The van der Waals surface area contributed by atoms with Gasteiger partial charge >= 0.3 is 0 Å². The summed E-state index contributed by atoms with van der Waals surface area (Å²) in [4.78, 5) is 13.2. The lowest BCUT2D eigenvalue weighted by atomic mass is 9.99. The van der Waals surface area contributed by atoms with Crippen molar-refractivity contribution in [3.05, 3.63) is 72.9 Å². The van der Waals surface area contributed by atoms with E-state index in [0.717, 1.165) is 64.2 Å². The van der Waals surface area contributed by atoms with E-state index in [1.807, 2.05) is 6.08 Å². The lowest BCUT2D eigenvalue weighted by Gasteiger charge is -2.40. The third-order valence-corrected chi connectivity index (χ3v) is 18.0. The molecule has 0 saturated carbocycles. The van der Waals surface area contributed by atoms with Gasteiger partial charge in [-0.25, -0.2) is 0 Å². The SMILES string of the molecule is CC/C=C\C/C=C\C/C=C\C/C=C\CCCCCCCCCCCCCCCCCCCCCCC(=O)NC(COC1OC(CO)C(O)C(O)C1O)C(O)/C=C/CC/C=C/CCCCCCCCCCCCCCCCCCCCCCCCCCCC. The number of ether oxygens (including phenoxy) is 2. The van der Waals surface area contributed by atoms with Crippen LogP contribution < -0.4 is 5.32 Å². The highest BCUT2D eigenvalue weighted by atomic mass is 16.7. The molecule has 1 rings (SSSR count). The standard InChI is InChI=1S/C79H145NO8/c1-3-5-7-9-11-13-15-17-19-21-23-25-27-29-31-33-35-37-39-41-43-45-47-49-51-53-55-57-59-61-63-65-67-69-75(83)80-72(71-87-79-78(86)77(85)76(84)74(70-81)88-79)73(82)68-66-64-62-60-58-56-54-52-50-48-46-44-42-40-38-36-34-32-30-28-26-24-22-20-18-16-14-12-10-8-6-4-2/h5,7,11,13,17,19,23,25,58,60,66,68,72-74,76-79,81-82,84-86H,3-4,6,8-10,12,14-16,18,20-22,24,26-57,59,61-65,67,69-71H2,1-2H3,(H,80,83)/b7-5-,13-11-,19-17-,25-23-,60-58+,68-66+. The van der Waals surface area contributed by atoms with Crippen LogP contribution in [0.2, 0.25) is 0 Å². The van der Waals surface area contributed by atoms with Crippen molar-refractivity contribution in [1.82, 2.24) is 5.32 Å². The van der Waals surface area contributed by atoms with Gasteiger partial charge < -0.3 is 40.3 Å². The normalized spacial score (nSPS) is 18.3. The Morgan fingerprint density at radius 2 is 0.716 bits per heavy atom. The van der Waals surface area contributed by atoms with Gasteiger partial charge in [0.1, 0.15) is 24.4 Å². The average molecular weight is 1240 g/mol. The van der Waals surface area contributed by atoms with E-state index < -0.39 is 49.5 Å². The molecule has 7 atom stereocenters. The van der Waals surface area contributed by atoms with Gasteiger partial charge in [0.05, 0.1) is 25.4 Å². The Morgan fingerprint density at radius 1 is 0.398 bits per heavy atom. The van der Waals surface area contributed by atoms with Crippen molar-refractivity contribution >= 4 is 5.91 Å². The number of nitrogens with one attached hydrogen (secondary N) is 1. The van der Waals surface area contributed by atoms with Crippen LogP contribution in [0.5, 0.6) is 0 Å². The number of unbranched alkanes of at least 4 members (excludes halogenated alkanes) is 47. The van der Waals surface area contributed by atoms with Crippen LogP contribution in [0.25, 0.3) is 0 Å². The first-order valence-corrected chi connectivity index (χ1v) is 38.2. The zero-order valence-corrected chi connectivity index (χ0v) is 57.7. The Bertz CT molecular complexity index is 1620. The second kappa shape index (κ2) is 67.5. The van der Waals surface area contributed by atoms with Gasteiger partial charge in [0.25, 0.3) is 0 Å². The summed E-state index contributed by atoms with van der Waals surface area (Å²) in [7, 11) is 0. The first-order chi connectivity index (χ1) is 43.3. The first kappa shape index (κ1) is 83.6. The van der Waals surface area contributed by atoms with E-state index in [1.165, 1.54) is 283 Å². The van der Waals surface area contributed by atoms with Crippen molar-refractivity contribution in [2.75, 3.05) is 13.2 Å². The minimum Gasteiger partial charge on any atom is -0.394 e. The molecular weight excluding hydrogens is 1090 g/mol. The summed E-state index contributed by atoms with van der Waals surface area (Å²) < 4.78 is 11.3. The maximum atomic E-state index is 13.2. The number of aliphatic hydroxyl groups excluding tert-OH is 5. The second-order valence-electron chi connectivity index (χ2n) is 26.4. The van der Waals surface area contributed by atoms with Crippen molar-refractivity contribution in [2.24, 2.45) is 0 Å². The molecule has 7 unspecified atom stereocenters. The Balaban J connectivity index is 2.10. The molecule has 0 radical (unpaired) electrons. The molecule has 0 aromatic rings. The Morgan fingerprint density at radius 3 is 1.09 bits per heavy atom. The Hall–Kier alpha value is -2.37. The van der Waals surface area contributed by atoms with Crippen LogP contribution in [-0.2, 0) is 14.3 Å². The van der Waals surface area contributed by atoms with Crippen LogP contribution in [0.1, 0.15) is 367 Å². The van der Waals surface area contributed by atoms with Crippen molar-refractivity contribution in [3.8, 4) is 0 Å². The molecule has 0 aliphatic carbocycles. The fourth-order valence-electron chi connectivity index (χ4n) is 12.1. The van der Waals surface area contributed by atoms with Crippen LogP contribution in [-0.4, -0.2) is 87.5 Å². The maximum absolute atomic E-state index is 13.2. The van der Waals surface area contributed by atoms with Crippen LogP contribution in [0.15, 0.2) is 72.9 Å². The van der Waals surface area contributed by atoms with Gasteiger partial charge in [-0.3, -0.25) is 4.79 Å². The summed E-state index contributed by atoms with van der Waals surface area (Å²) in [6.45, 7) is 3.70. The number of hydrogen-bond acceptors (Lipinski definition) is 8. The molecule has 0 bridgehead atoms. The molecule has 6 N–H and O–H groups in total. The van der Waals surface area contributed by atoms with Crippen LogP contribution >= 0.6 is 0 Å². The summed E-state index contributed by atoms with van der Waals surface area (Å²) in [5, 5.41) is 54.8. The summed E-state index contributed by atoms with van der Waals surface area (Å²) in [5.74, 6) is -0.181. The number of aliphatic hydroxyl groups is 5. The van der Waals surface area contributed by atoms with Crippen LogP contribution in [0.4, 0.5) is 0 Å². The zero-order valence-electron chi connectivity index (χ0n) is 57.7. The average Bonchev–Trinajstić information content (AvgIpc) is 3.65. The topological polar surface area (TPSA) is 149 Å². The molecule has 514 valence electrons. The molecule has 0 aromatic heterocycles. The number of amides is 1. The monoisotopic (exact) mass is 1240 g/mol. The largest absolute Gasteiger partial charge is 0.394 e. The Labute approximate surface area is 544 Å². The molecule has 1 saturated heterocycles. The molecule has 1 aliphatic rings. The third-order valence-electron chi connectivity index (χ3n) is 18.0. The molecule has 1 aliphatic heterocycles. The van der Waals surface area contributed by atoms with E-state index >= 15 is 0 Å². The predicted octanol–water partition coefficient (Wildman–Crippen LogP) is 21.5. The number of allylic oxidation sites excluding steroid dienone is 11. The lowest BCUT2D eigenvalue weighted by molar-refractivity contribution is -0.302. The maximum Gasteiger partial charge on any atom is 0.220 e. The molecular formula is C79H145NO8. The minimum atomic E-state index is -1.57. The van der Waals surface area contributed by atoms with E-state index in [4.69, 9.17) is 9.47 Å². The van der Waals surface area contributed by atoms with Gasteiger partial charge in [-0.2, -0.15) is 0 Å². The highest BCUT2D eigenvalue weighted by Crippen LogP contribution is 2.24. The van der Waals surface area contributed by atoms with Crippen molar-refractivity contribution in [3.63, 3.8) is 0 Å². The van der Waals surface area contributed by atoms with Crippen LogP contribution in [0, 0.1) is 0 Å². The highest BCUT2D eigenvalue weighted by molar-refractivity contribution is 5.76. The fourth-order valence-corrected chi connectivity index (χ4v) is 12.1. The van der Waals surface area contributed by atoms with Gasteiger partial charge in [-0.05, 0) is 70.6 Å². The molecule has 1 fully saturated rings. The highest BCUT2D eigenvalue weighted by Gasteiger charge is 2.44. The summed E-state index contributed by atoms with van der Waals surface area (Å²) in [5.41, 5.74) is 0. The first-order valence-electron chi connectivity index (χ1n) is 38.2. The van der Waals surface area contributed by atoms with E-state index in [0.29, 0.717) is 6.42 Å². The minimum absolute atomic E-state index is 0.181. The van der Waals surface area contributed by atoms with Crippen molar-refractivity contribution < 1.29 is 39.8 Å². The smallest absolute Gasteiger partial charge is 0.220 e. The molecule has 88 heavy (non-hydrogen) atoms. The summed E-state index contributed by atoms with van der Waals surface area (Å²) in [6, 6.07) is -0.825. The van der Waals surface area contributed by atoms with Crippen LogP contribution in [0.3, 0.4) is 0 Å². The van der Waals surface area contributed by atoms with Crippen molar-refractivity contribution in [2.45, 2.75) is 410 Å². The molecule has 1 heterocycles. The van der Waals surface area contributed by atoms with Gasteiger partial charge in [-0.1, -0.05) is 363 Å². The molecule has 0 spiro atoms. The molecule has 0 aromatic carbocycles. The number of carbonyl (C=O) groups is 1. The van der Waals surface area contributed by atoms with Gasteiger partial charge in [-0.15, -0.1) is 0 Å². The predicted molar refractivity (Wildman–Crippen MR) is 378 cm³/mol. The van der Waals surface area contributed by atoms with E-state index in [9.17, 15) is 30.3 Å². The van der Waals surface area contributed by atoms with E-state index in [-0.39, 0.29) is 12.5 Å². The van der Waals surface area contributed by atoms with E-state index in [2.05, 4.69) is 79.9 Å².